The van der Waals surface area contributed by atoms with Crippen LogP contribution in [0.4, 0.5) is 0 Å². The van der Waals surface area contributed by atoms with Crippen LogP contribution in [0.5, 0.6) is 11.5 Å². The highest BCUT2D eigenvalue weighted by Gasteiger charge is 2.73. The first-order valence-corrected chi connectivity index (χ1v) is 9.89. The van der Waals surface area contributed by atoms with Gasteiger partial charge in [-0.15, -0.1) is 0 Å². The summed E-state index contributed by atoms with van der Waals surface area (Å²) in [5.74, 6) is -6.41. The highest BCUT2D eigenvalue weighted by Crippen LogP contribution is 2.49. The fourth-order valence-electron chi connectivity index (χ4n) is 4.68. The van der Waals surface area contributed by atoms with Crippen molar-refractivity contribution in [1.82, 2.24) is 0 Å². The first kappa shape index (κ1) is 23.4. The molecule has 2 unspecified atom stereocenters. The largest absolute Gasteiger partial charge is 0.507 e. The topological polar surface area (TPSA) is 177 Å². The summed E-state index contributed by atoms with van der Waals surface area (Å²) < 4.78 is 14.8. The Morgan fingerprint density at radius 1 is 1.03 bits per heavy atom. The number of ether oxygens (including phenoxy) is 3. The lowest BCUT2D eigenvalue weighted by molar-refractivity contribution is -0.172. The Bertz CT molecular complexity index is 1350. The highest BCUT2D eigenvalue weighted by atomic mass is 16.5. The summed E-state index contributed by atoms with van der Waals surface area (Å²) >= 11 is 0. The summed E-state index contributed by atoms with van der Waals surface area (Å²) in [6.07, 6.45) is -1.67. The number of phenolic OH excluding ortho intramolecular Hbond substituents is 1. The molecular formula is C23H20O11. The van der Waals surface area contributed by atoms with E-state index in [9.17, 15) is 39.6 Å². The van der Waals surface area contributed by atoms with Crippen molar-refractivity contribution in [3.8, 4) is 11.5 Å². The number of hydrogen-bond donors (Lipinski definition) is 4. The van der Waals surface area contributed by atoms with Gasteiger partial charge in [0.15, 0.2) is 6.10 Å². The summed E-state index contributed by atoms with van der Waals surface area (Å²) in [6, 6.07) is 2.43. The molecule has 0 aromatic heterocycles. The summed E-state index contributed by atoms with van der Waals surface area (Å²) in [5, 5.41) is 44.0. The third-order valence-electron chi connectivity index (χ3n) is 6.45. The van der Waals surface area contributed by atoms with Gasteiger partial charge in [0.2, 0.25) is 28.6 Å². The zero-order valence-electron chi connectivity index (χ0n) is 18.5. The number of fused-ring (bicyclic) bond motifs is 3. The fraction of sp³-hybridized carbons (Fsp3) is 0.304. The molecule has 34 heavy (non-hydrogen) atoms. The van der Waals surface area contributed by atoms with Crippen molar-refractivity contribution >= 4 is 34.1 Å². The van der Waals surface area contributed by atoms with E-state index in [1.165, 1.54) is 20.1 Å². The number of aliphatic hydroxyl groups is 3. The lowest BCUT2D eigenvalue weighted by Crippen LogP contribution is -2.76. The van der Waals surface area contributed by atoms with Gasteiger partial charge in [0, 0.05) is 17.0 Å². The maximum Gasteiger partial charge on any atom is 0.341 e. The van der Waals surface area contributed by atoms with E-state index < -0.39 is 63.3 Å². The average Bonchev–Trinajstić information content (AvgIpc) is 2.81. The van der Waals surface area contributed by atoms with Crippen molar-refractivity contribution in [1.29, 1.82) is 0 Å². The Hall–Kier alpha value is -3.80. The van der Waals surface area contributed by atoms with Gasteiger partial charge in [-0.25, -0.2) is 4.79 Å². The predicted molar refractivity (Wildman–Crippen MR) is 113 cm³/mol. The smallest absolute Gasteiger partial charge is 0.341 e. The SMILES string of the molecule is COC(=O)c1c(OC)cc2cc3c(c(O)c2c1C)C(=O)C1(O)C(=O)C=C(OC)[C@H](O)C1(O)C3=O. The molecule has 0 spiro atoms. The number of hydrogen-bond acceptors (Lipinski definition) is 11. The molecule has 0 amide bonds. The van der Waals surface area contributed by atoms with Crippen molar-refractivity contribution in [2.24, 2.45) is 0 Å². The second kappa shape index (κ2) is 7.35. The van der Waals surface area contributed by atoms with Crippen LogP contribution in [0.1, 0.15) is 36.6 Å². The first-order chi connectivity index (χ1) is 15.9. The van der Waals surface area contributed by atoms with Crippen LogP contribution in [0.25, 0.3) is 10.8 Å². The molecular weight excluding hydrogens is 452 g/mol. The van der Waals surface area contributed by atoms with Crippen molar-refractivity contribution in [3.63, 3.8) is 0 Å². The van der Waals surface area contributed by atoms with Gasteiger partial charge in [-0.1, -0.05) is 0 Å². The number of carbonyl (C=O) groups is 4. The number of carbonyl (C=O) groups excluding carboxylic acids is 4. The van der Waals surface area contributed by atoms with E-state index in [4.69, 9.17) is 14.2 Å². The molecule has 3 atom stereocenters. The number of methoxy groups -OCH3 is 3. The Labute approximate surface area is 191 Å². The maximum absolute atomic E-state index is 13.4. The van der Waals surface area contributed by atoms with Gasteiger partial charge < -0.3 is 34.6 Å². The molecule has 4 N–H and O–H groups in total. The third-order valence-corrected chi connectivity index (χ3v) is 6.45. The summed E-state index contributed by atoms with van der Waals surface area (Å²) in [6.45, 7) is 1.44. The van der Waals surface area contributed by atoms with E-state index in [1.807, 2.05) is 0 Å². The van der Waals surface area contributed by atoms with Gasteiger partial charge in [-0.3, -0.25) is 14.4 Å². The van der Waals surface area contributed by atoms with Crippen molar-refractivity contribution in [2.45, 2.75) is 24.2 Å². The van der Waals surface area contributed by atoms with Gasteiger partial charge in [-0.05, 0) is 30.0 Å². The normalized spacial score (nSPS) is 26.0. The van der Waals surface area contributed by atoms with Crippen LogP contribution in [-0.4, -0.2) is 82.4 Å². The maximum atomic E-state index is 13.4. The van der Waals surface area contributed by atoms with Gasteiger partial charge in [-0.2, -0.15) is 0 Å². The molecule has 0 saturated heterocycles. The predicted octanol–water partition coefficient (Wildman–Crippen LogP) is -0.0359. The van der Waals surface area contributed by atoms with E-state index >= 15 is 0 Å². The lowest BCUT2D eigenvalue weighted by Gasteiger charge is -2.47. The molecule has 0 heterocycles. The van der Waals surface area contributed by atoms with Crippen LogP contribution in [0, 0.1) is 6.92 Å². The number of ketones is 3. The summed E-state index contributed by atoms with van der Waals surface area (Å²) in [4.78, 5) is 51.9. The van der Waals surface area contributed by atoms with Crippen molar-refractivity contribution in [3.05, 3.63) is 46.2 Å². The molecule has 4 rings (SSSR count). The monoisotopic (exact) mass is 472 g/mol. The molecule has 0 bridgehead atoms. The Morgan fingerprint density at radius 2 is 1.68 bits per heavy atom. The van der Waals surface area contributed by atoms with Crippen LogP contribution < -0.4 is 4.74 Å². The van der Waals surface area contributed by atoms with Gasteiger partial charge in [0.1, 0.15) is 22.8 Å². The van der Waals surface area contributed by atoms with Gasteiger partial charge in [0.05, 0.1) is 26.9 Å². The molecule has 0 aliphatic heterocycles. The fourth-order valence-corrected chi connectivity index (χ4v) is 4.68. The number of aryl methyl sites for hydroxylation is 1. The van der Waals surface area contributed by atoms with Crippen molar-refractivity contribution in [2.75, 3.05) is 21.3 Å². The molecule has 11 heteroatoms. The second-order valence-electron chi connectivity index (χ2n) is 7.97. The number of rotatable bonds is 3. The molecule has 0 fully saturated rings. The van der Waals surface area contributed by atoms with E-state index in [0.29, 0.717) is 6.08 Å². The molecule has 0 radical (unpaired) electrons. The Kier molecular flexibility index (Phi) is 5.05. The minimum atomic E-state index is -3.44. The summed E-state index contributed by atoms with van der Waals surface area (Å²) in [7, 11) is 3.48. The van der Waals surface area contributed by atoms with Crippen molar-refractivity contribution < 1.29 is 53.8 Å². The van der Waals surface area contributed by atoms with E-state index in [-0.39, 0.29) is 27.6 Å². The molecule has 178 valence electrons. The van der Waals surface area contributed by atoms with Crippen LogP contribution in [0.3, 0.4) is 0 Å². The minimum absolute atomic E-state index is 0.0403. The Balaban J connectivity index is 2.13. The molecule has 0 saturated carbocycles. The zero-order valence-corrected chi connectivity index (χ0v) is 18.5. The molecule has 2 aromatic carbocycles. The number of Topliss-reactive ketones (excluding diaryl/α,β-unsaturated/α-hetero) is 2. The average molecular weight is 472 g/mol. The van der Waals surface area contributed by atoms with Gasteiger partial charge >= 0.3 is 5.97 Å². The van der Waals surface area contributed by atoms with E-state index in [0.717, 1.165) is 20.3 Å². The highest BCUT2D eigenvalue weighted by molar-refractivity contribution is 6.35. The zero-order chi connectivity index (χ0) is 25.3. The summed E-state index contributed by atoms with van der Waals surface area (Å²) in [5.41, 5.74) is -7.99. The van der Waals surface area contributed by atoms with Crippen LogP contribution in [0.2, 0.25) is 0 Å². The van der Waals surface area contributed by atoms with Crippen LogP contribution in [0.15, 0.2) is 24.0 Å². The molecule has 2 aliphatic carbocycles. The number of phenols is 1. The molecule has 2 aliphatic rings. The Morgan fingerprint density at radius 3 is 2.24 bits per heavy atom. The van der Waals surface area contributed by atoms with E-state index in [2.05, 4.69) is 0 Å². The quantitative estimate of drug-likeness (QED) is 0.348. The first-order valence-electron chi connectivity index (χ1n) is 9.89. The lowest BCUT2D eigenvalue weighted by atomic mass is 9.60. The standard InChI is InChI=1S/C23H20O11/c1-8-14-9(6-11(32-2)15(8)21(29)34-4)5-10-16(17(14)25)20(28)22(30)13(24)7-12(33-3)19(27)23(22,31)18(10)26/h5-7,19,25,27,30-31H,1-4H3/t19-,22?,23?/m0/s1. The number of aliphatic hydroxyl groups excluding tert-OH is 1. The van der Waals surface area contributed by atoms with Crippen LogP contribution in [-0.2, 0) is 14.3 Å². The third kappa shape index (κ3) is 2.51. The molecule has 11 nitrogen and oxygen atoms in total. The van der Waals surface area contributed by atoms with Crippen LogP contribution >= 0.6 is 0 Å². The van der Waals surface area contributed by atoms with E-state index in [1.54, 1.807) is 0 Å². The van der Waals surface area contributed by atoms with Gasteiger partial charge in [0.25, 0.3) is 0 Å². The minimum Gasteiger partial charge on any atom is -0.507 e. The number of esters is 1. The molecule has 2 aromatic rings. The second-order valence-corrected chi connectivity index (χ2v) is 7.97. The number of benzene rings is 2. The number of aromatic hydroxyl groups is 1.